The molecule has 0 radical (unpaired) electrons. The third kappa shape index (κ3) is 5.21. The summed E-state index contributed by atoms with van der Waals surface area (Å²) in [5, 5.41) is 8.14. The number of likely N-dealkylation sites (tertiary alicyclic amines) is 1. The molecule has 7 rings (SSSR count). The average Bonchev–Trinajstić information content (AvgIpc) is 3.56. The Bertz CT molecular complexity index is 1630. The van der Waals surface area contributed by atoms with Crippen molar-refractivity contribution in [3.8, 4) is 17.1 Å². The Morgan fingerprint density at radius 1 is 1.00 bits per heavy atom. The fourth-order valence-electron chi connectivity index (χ4n) is 6.85. The van der Waals surface area contributed by atoms with Crippen molar-refractivity contribution in [1.82, 2.24) is 19.7 Å². The second kappa shape index (κ2) is 11.0. The van der Waals surface area contributed by atoms with Crippen LogP contribution in [0.15, 0.2) is 60.8 Å². The van der Waals surface area contributed by atoms with Crippen LogP contribution >= 0.6 is 0 Å². The zero-order valence-corrected chi connectivity index (χ0v) is 24.4. The van der Waals surface area contributed by atoms with Crippen molar-refractivity contribution in [2.45, 2.75) is 70.8 Å². The van der Waals surface area contributed by atoms with Crippen molar-refractivity contribution < 1.29 is 9.18 Å². The number of halogens is 1. The summed E-state index contributed by atoms with van der Waals surface area (Å²) in [6.45, 7) is 5.55. The van der Waals surface area contributed by atoms with Crippen LogP contribution in [0.2, 0.25) is 0 Å². The molecule has 42 heavy (non-hydrogen) atoms. The third-order valence-electron chi connectivity index (χ3n) is 9.43. The molecule has 7 heteroatoms. The van der Waals surface area contributed by atoms with Crippen molar-refractivity contribution in [3.63, 3.8) is 0 Å². The molecule has 1 amide bonds. The molecule has 3 heterocycles. The number of rotatable bonds is 7. The van der Waals surface area contributed by atoms with E-state index in [2.05, 4.69) is 41.6 Å². The molecule has 1 aliphatic heterocycles. The van der Waals surface area contributed by atoms with Gasteiger partial charge in [-0.15, -0.1) is 0 Å². The molecule has 2 aromatic heterocycles. The van der Waals surface area contributed by atoms with Crippen LogP contribution in [0, 0.1) is 25.6 Å². The Morgan fingerprint density at radius 2 is 1.81 bits per heavy atom. The number of anilines is 1. The van der Waals surface area contributed by atoms with Gasteiger partial charge in [0.15, 0.2) is 5.82 Å². The van der Waals surface area contributed by atoms with Gasteiger partial charge in [0.2, 0.25) is 5.91 Å². The van der Waals surface area contributed by atoms with Crippen molar-refractivity contribution in [2.75, 3.05) is 18.4 Å². The van der Waals surface area contributed by atoms with Gasteiger partial charge < -0.3 is 10.2 Å². The van der Waals surface area contributed by atoms with Gasteiger partial charge in [0.1, 0.15) is 5.82 Å². The van der Waals surface area contributed by atoms with E-state index in [1.807, 2.05) is 40.8 Å². The van der Waals surface area contributed by atoms with Crippen LogP contribution < -0.4 is 5.32 Å². The van der Waals surface area contributed by atoms with E-state index in [1.54, 1.807) is 12.3 Å². The quantitative estimate of drug-likeness (QED) is 0.256. The van der Waals surface area contributed by atoms with E-state index in [0.29, 0.717) is 12.3 Å². The van der Waals surface area contributed by atoms with Gasteiger partial charge in [-0.05, 0) is 111 Å². The van der Waals surface area contributed by atoms with Crippen LogP contribution in [-0.4, -0.2) is 38.7 Å². The zero-order valence-electron chi connectivity index (χ0n) is 24.4. The van der Waals surface area contributed by atoms with Crippen LogP contribution in [0.4, 0.5) is 10.1 Å². The number of aryl methyl sites for hydroxylation is 3. The number of nitrogens with one attached hydrogen (secondary N) is 1. The highest BCUT2D eigenvalue weighted by Gasteiger charge is 2.31. The number of aromatic nitrogens is 3. The van der Waals surface area contributed by atoms with E-state index in [1.165, 1.54) is 24.0 Å². The number of carbonyl (C=O) groups excluding carboxylic acids is 1. The smallest absolute Gasteiger partial charge is 0.222 e. The predicted molar refractivity (Wildman–Crippen MR) is 163 cm³/mol. The standard InChI is InChI=1S/C35H38FN5O/c1-22-19-28(25-14-17-40(18-15-25)34(42)20-24-9-10-24)29(36)21-32(22)38-31-12-11-26-5-3-6-27(35(26)31)30-7-4-8-33(39-30)41-23(2)13-16-37-41/h3-8,13,16,19,21,24-25,31,38H,9-12,14-15,17-18,20H2,1-2H3. The summed E-state index contributed by atoms with van der Waals surface area (Å²) in [6, 6.07) is 18.3. The number of fused-ring (bicyclic) bond motifs is 1. The maximum absolute atomic E-state index is 15.6. The third-order valence-corrected chi connectivity index (χ3v) is 9.43. The molecule has 2 aromatic carbocycles. The molecule has 1 unspecified atom stereocenters. The number of amides is 1. The first-order chi connectivity index (χ1) is 20.4. The van der Waals surface area contributed by atoms with E-state index in [0.717, 1.165) is 78.4 Å². The number of nitrogens with zero attached hydrogens (tertiary/aromatic N) is 4. The minimum absolute atomic E-state index is 0.0674. The topological polar surface area (TPSA) is 63.1 Å². The fraction of sp³-hybridized carbons (Fsp3) is 0.400. The lowest BCUT2D eigenvalue weighted by molar-refractivity contribution is -0.132. The lowest BCUT2D eigenvalue weighted by Gasteiger charge is -2.33. The van der Waals surface area contributed by atoms with Gasteiger partial charge in [-0.3, -0.25) is 4.79 Å². The van der Waals surface area contributed by atoms with Gasteiger partial charge in [0, 0.05) is 42.7 Å². The second-order valence-corrected chi connectivity index (χ2v) is 12.4. The number of carbonyl (C=O) groups is 1. The SMILES string of the molecule is Cc1cc(C2CCN(C(=O)CC3CC3)CC2)c(F)cc1NC1CCc2cccc(-c3cccc(-n4nccc4C)n3)c21. The summed E-state index contributed by atoms with van der Waals surface area (Å²) in [6.07, 6.45) is 8.42. The van der Waals surface area contributed by atoms with Gasteiger partial charge in [-0.25, -0.2) is 14.1 Å². The maximum atomic E-state index is 15.6. The Hall–Kier alpha value is -4.00. The van der Waals surface area contributed by atoms with Gasteiger partial charge >= 0.3 is 0 Å². The van der Waals surface area contributed by atoms with Crippen LogP contribution in [-0.2, 0) is 11.2 Å². The summed E-state index contributed by atoms with van der Waals surface area (Å²) in [4.78, 5) is 19.5. The van der Waals surface area contributed by atoms with E-state index in [9.17, 15) is 4.79 Å². The molecule has 2 aliphatic carbocycles. The van der Waals surface area contributed by atoms with Crippen LogP contribution in [0.3, 0.4) is 0 Å². The van der Waals surface area contributed by atoms with Crippen molar-refractivity contribution in [2.24, 2.45) is 5.92 Å². The molecule has 4 aromatic rings. The molecule has 0 bridgehead atoms. The summed E-state index contributed by atoms with van der Waals surface area (Å²) in [5.74, 6) is 1.68. The van der Waals surface area contributed by atoms with Crippen molar-refractivity contribution in [1.29, 1.82) is 0 Å². The molecule has 1 atom stereocenters. The van der Waals surface area contributed by atoms with Crippen molar-refractivity contribution in [3.05, 3.63) is 94.6 Å². The highest BCUT2D eigenvalue weighted by molar-refractivity contribution is 5.77. The summed E-state index contributed by atoms with van der Waals surface area (Å²) in [5.41, 5.74) is 8.28. The summed E-state index contributed by atoms with van der Waals surface area (Å²) >= 11 is 0. The molecule has 1 saturated carbocycles. The van der Waals surface area contributed by atoms with Crippen LogP contribution in [0.25, 0.3) is 17.1 Å². The van der Waals surface area contributed by atoms with E-state index in [4.69, 9.17) is 4.98 Å². The van der Waals surface area contributed by atoms with Gasteiger partial charge in [-0.1, -0.05) is 30.3 Å². The number of benzene rings is 2. The van der Waals surface area contributed by atoms with Gasteiger partial charge in [0.25, 0.3) is 0 Å². The predicted octanol–water partition coefficient (Wildman–Crippen LogP) is 7.30. The molecule has 6 nitrogen and oxygen atoms in total. The van der Waals surface area contributed by atoms with Crippen molar-refractivity contribution >= 4 is 11.6 Å². The number of pyridine rings is 1. The second-order valence-electron chi connectivity index (χ2n) is 12.4. The molecule has 1 N–H and O–H groups in total. The summed E-state index contributed by atoms with van der Waals surface area (Å²) in [7, 11) is 0. The van der Waals surface area contributed by atoms with Gasteiger partial charge in [-0.2, -0.15) is 5.10 Å². The first-order valence-corrected chi connectivity index (χ1v) is 15.4. The molecule has 2 fully saturated rings. The molecule has 0 spiro atoms. The number of hydrogen-bond acceptors (Lipinski definition) is 4. The van der Waals surface area contributed by atoms with Crippen LogP contribution in [0.1, 0.15) is 78.4 Å². The monoisotopic (exact) mass is 563 g/mol. The fourth-order valence-corrected chi connectivity index (χ4v) is 6.85. The normalized spacial score (nSPS) is 18.7. The molecular weight excluding hydrogens is 525 g/mol. The number of piperidine rings is 1. The lowest BCUT2D eigenvalue weighted by atomic mass is 9.87. The Balaban J connectivity index is 1.10. The van der Waals surface area contributed by atoms with E-state index in [-0.39, 0.29) is 23.7 Å². The minimum Gasteiger partial charge on any atom is -0.378 e. The van der Waals surface area contributed by atoms with E-state index < -0.39 is 0 Å². The molecular formula is C35H38FN5O. The first-order valence-electron chi connectivity index (χ1n) is 15.4. The lowest BCUT2D eigenvalue weighted by Crippen LogP contribution is -2.38. The zero-order chi connectivity index (χ0) is 28.8. The average molecular weight is 564 g/mol. The largest absolute Gasteiger partial charge is 0.378 e. The highest BCUT2D eigenvalue weighted by Crippen LogP contribution is 2.42. The van der Waals surface area contributed by atoms with Gasteiger partial charge in [0.05, 0.1) is 11.7 Å². The Kier molecular flexibility index (Phi) is 7.04. The maximum Gasteiger partial charge on any atom is 0.222 e. The first kappa shape index (κ1) is 26.9. The highest BCUT2D eigenvalue weighted by atomic mass is 19.1. The Morgan fingerprint density at radius 3 is 2.57 bits per heavy atom. The molecule has 216 valence electrons. The van der Waals surface area contributed by atoms with Crippen LogP contribution in [0.5, 0.6) is 0 Å². The Labute approximate surface area is 247 Å². The van der Waals surface area contributed by atoms with E-state index >= 15 is 4.39 Å². The number of hydrogen-bond donors (Lipinski definition) is 1. The minimum atomic E-state index is -0.152. The summed E-state index contributed by atoms with van der Waals surface area (Å²) < 4.78 is 17.5. The molecule has 3 aliphatic rings. The molecule has 1 saturated heterocycles.